The monoisotopic (exact) mass is 438 g/mol. The van der Waals surface area contributed by atoms with E-state index in [0.29, 0.717) is 15.7 Å². The van der Waals surface area contributed by atoms with Crippen LogP contribution in [0.5, 0.6) is 0 Å². The van der Waals surface area contributed by atoms with Crippen LogP contribution in [0.25, 0.3) is 0 Å². The second-order valence-electron chi connectivity index (χ2n) is 7.21. The highest BCUT2D eigenvalue weighted by molar-refractivity contribution is 6.35. The molecule has 0 aliphatic carbocycles. The number of imide groups is 1. The Morgan fingerprint density at radius 3 is 1.97 bits per heavy atom. The number of carbonyl (C=O) groups excluding carboxylic acids is 2. The molecule has 7 heteroatoms. The molecular formula is C23H16Cl2N2O3. The van der Waals surface area contributed by atoms with Crippen LogP contribution in [0, 0.1) is 5.92 Å². The van der Waals surface area contributed by atoms with Crippen molar-refractivity contribution in [1.29, 1.82) is 0 Å². The first-order valence-electron chi connectivity index (χ1n) is 9.44. The van der Waals surface area contributed by atoms with E-state index in [1.807, 2.05) is 60.7 Å². The molecule has 2 aliphatic rings. The zero-order valence-electron chi connectivity index (χ0n) is 15.6. The van der Waals surface area contributed by atoms with Gasteiger partial charge in [0.25, 0.3) is 5.91 Å². The second-order valence-corrected chi connectivity index (χ2v) is 8.08. The highest BCUT2D eigenvalue weighted by Gasteiger charge is 2.60. The van der Waals surface area contributed by atoms with Crippen molar-refractivity contribution in [3.05, 3.63) is 94.5 Å². The van der Waals surface area contributed by atoms with Gasteiger partial charge < -0.3 is 0 Å². The van der Waals surface area contributed by atoms with Crippen molar-refractivity contribution in [2.45, 2.75) is 12.1 Å². The van der Waals surface area contributed by atoms with Crippen molar-refractivity contribution < 1.29 is 14.4 Å². The molecule has 0 saturated carbocycles. The number of halogens is 2. The van der Waals surface area contributed by atoms with Gasteiger partial charge >= 0.3 is 0 Å². The molecule has 0 bridgehead atoms. The summed E-state index contributed by atoms with van der Waals surface area (Å²) >= 11 is 12.2. The van der Waals surface area contributed by atoms with Crippen LogP contribution in [0.2, 0.25) is 10.0 Å². The molecule has 2 heterocycles. The van der Waals surface area contributed by atoms with Crippen LogP contribution in [-0.2, 0) is 14.4 Å². The minimum Gasteiger partial charge on any atom is -0.273 e. The van der Waals surface area contributed by atoms with E-state index in [1.54, 1.807) is 23.3 Å². The molecule has 3 atom stereocenters. The number of hydroxylamine groups is 1. The number of benzene rings is 3. The maximum atomic E-state index is 13.5. The number of hydrogen-bond donors (Lipinski definition) is 0. The number of hydrogen-bond acceptors (Lipinski definition) is 4. The van der Waals surface area contributed by atoms with Crippen molar-refractivity contribution >= 4 is 46.4 Å². The number of carbonyl (C=O) groups is 2. The van der Waals surface area contributed by atoms with Gasteiger partial charge in [0.05, 0.1) is 17.4 Å². The maximum Gasteiger partial charge on any atom is 0.266 e. The van der Waals surface area contributed by atoms with E-state index in [9.17, 15) is 9.59 Å². The van der Waals surface area contributed by atoms with Crippen LogP contribution >= 0.6 is 23.2 Å². The molecule has 2 fully saturated rings. The molecule has 0 radical (unpaired) electrons. The Kier molecular flexibility index (Phi) is 4.74. The van der Waals surface area contributed by atoms with Gasteiger partial charge in [0.2, 0.25) is 5.91 Å². The van der Waals surface area contributed by atoms with Crippen LogP contribution in [0.4, 0.5) is 11.4 Å². The quantitative estimate of drug-likeness (QED) is 0.537. The first kappa shape index (κ1) is 19.1. The lowest BCUT2D eigenvalue weighted by molar-refractivity contribution is -0.126. The number of para-hydroxylation sites is 1. The zero-order valence-corrected chi connectivity index (χ0v) is 17.1. The summed E-state index contributed by atoms with van der Waals surface area (Å²) in [6.07, 6.45) is -0.930. The molecule has 5 rings (SSSR count). The Morgan fingerprint density at radius 1 is 0.733 bits per heavy atom. The van der Waals surface area contributed by atoms with E-state index in [2.05, 4.69) is 0 Å². The highest BCUT2D eigenvalue weighted by Crippen LogP contribution is 2.47. The van der Waals surface area contributed by atoms with Crippen LogP contribution in [0.3, 0.4) is 0 Å². The summed E-state index contributed by atoms with van der Waals surface area (Å²) < 4.78 is 0. The van der Waals surface area contributed by atoms with Crippen molar-refractivity contribution in [3.63, 3.8) is 0 Å². The van der Waals surface area contributed by atoms with Crippen LogP contribution in [0.15, 0.2) is 78.9 Å². The Labute approximate surface area is 183 Å². The summed E-state index contributed by atoms with van der Waals surface area (Å²) in [4.78, 5) is 34.0. The highest BCUT2D eigenvalue weighted by atomic mass is 35.5. The van der Waals surface area contributed by atoms with Crippen molar-refractivity contribution in [1.82, 2.24) is 0 Å². The summed E-state index contributed by atoms with van der Waals surface area (Å²) in [5, 5.41) is 2.37. The fraction of sp³-hybridized carbons (Fsp3) is 0.130. The molecule has 150 valence electrons. The number of amides is 2. The molecule has 5 nitrogen and oxygen atoms in total. The molecular weight excluding hydrogens is 423 g/mol. The molecule has 3 aromatic rings. The van der Waals surface area contributed by atoms with Crippen LogP contribution < -0.4 is 9.96 Å². The van der Waals surface area contributed by atoms with Crippen molar-refractivity contribution in [3.8, 4) is 0 Å². The van der Waals surface area contributed by atoms with Gasteiger partial charge in [0.1, 0.15) is 5.92 Å². The molecule has 0 aromatic heterocycles. The molecule has 3 unspecified atom stereocenters. The van der Waals surface area contributed by atoms with Gasteiger partial charge in [-0.15, -0.1) is 0 Å². The third-order valence-electron chi connectivity index (χ3n) is 5.37. The third-order valence-corrected chi connectivity index (χ3v) is 5.81. The van der Waals surface area contributed by atoms with Crippen molar-refractivity contribution in [2.75, 3.05) is 9.96 Å². The van der Waals surface area contributed by atoms with Gasteiger partial charge in [-0.05, 0) is 35.9 Å². The van der Waals surface area contributed by atoms with E-state index in [-0.39, 0.29) is 5.91 Å². The average molecular weight is 439 g/mol. The van der Waals surface area contributed by atoms with E-state index in [1.165, 1.54) is 0 Å². The van der Waals surface area contributed by atoms with E-state index < -0.39 is 24.0 Å². The molecule has 30 heavy (non-hydrogen) atoms. The lowest BCUT2D eigenvalue weighted by atomic mass is 9.90. The Balaban J connectivity index is 1.59. The Morgan fingerprint density at radius 2 is 1.33 bits per heavy atom. The first-order chi connectivity index (χ1) is 14.5. The summed E-state index contributed by atoms with van der Waals surface area (Å²) in [5.74, 6) is -1.46. The summed E-state index contributed by atoms with van der Waals surface area (Å²) in [5.41, 5.74) is 2.01. The lowest BCUT2D eigenvalue weighted by Gasteiger charge is -2.28. The molecule has 3 aromatic carbocycles. The van der Waals surface area contributed by atoms with E-state index >= 15 is 0 Å². The fourth-order valence-corrected chi connectivity index (χ4v) is 4.64. The predicted octanol–water partition coefficient (Wildman–Crippen LogP) is 5.04. The van der Waals surface area contributed by atoms with E-state index in [0.717, 1.165) is 16.2 Å². The SMILES string of the molecule is O=C1C2ON(c3ccccc3)C(c3ccccc3)C2C(=O)N1c1cc(Cl)cc(Cl)c1. The third kappa shape index (κ3) is 3.06. The normalized spacial score (nSPS) is 23.2. The summed E-state index contributed by atoms with van der Waals surface area (Å²) in [6, 6.07) is 23.2. The topological polar surface area (TPSA) is 49.9 Å². The Bertz CT molecular complexity index is 1100. The molecule has 2 aliphatic heterocycles. The lowest BCUT2D eigenvalue weighted by Crippen LogP contribution is -2.37. The minimum absolute atomic E-state index is 0.337. The van der Waals surface area contributed by atoms with E-state index in [4.69, 9.17) is 28.0 Å². The largest absolute Gasteiger partial charge is 0.273 e. The van der Waals surface area contributed by atoms with Gasteiger partial charge in [-0.3, -0.25) is 14.4 Å². The minimum atomic E-state index is -0.930. The number of rotatable bonds is 3. The standard InChI is InChI=1S/C23H16Cl2N2O3/c24-15-11-16(25)13-18(12-15)26-22(28)19-20(14-7-3-1-4-8-14)27(30-21(19)23(26)29)17-9-5-2-6-10-17/h1-13,19-21H. The van der Waals surface area contributed by atoms with Gasteiger partial charge in [-0.2, -0.15) is 0 Å². The smallest absolute Gasteiger partial charge is 0.266 e. The number of fused-ring (bicyclic) bond motifs is 1. The second kappa shape index (κ2) is 7.43. The predicted molar refractivity (Wildman–Crippen MR) is 115 cm³/mol. The molecule has 2 amide bonds. The van der Waals surface area contributed by atoms with Gasteiger partial charge in [-0.25, -0.2) is 9.96 Å². The first-order valence-corrected chi connectivity index (χ1v) is 10.2. The zero-order chi connectivity index (χ0) is 20.8. The van der Waals surface area contributed by atoms with Gasteiger partial charge in [-0.1, -0.05) is 71.7 Å². The van der Waals surface area contributed by atoms with Crippen molar-refractivity contribution in [2.24, 2.45) is 5.92 Å². The maximum absolute atomic E-state index is 13.5. The number of anilines is 2. The van der Waals surface area contributed by atoms with Gasteiger partial charge in [0, 0.05) is 10.0 Å². The molecule has 0 spiro atoms. The average Bonchev–Trinajstić information content (AvgIpc) is 3.25. The molecule has 2 saturated heterocycles. The molecule has 0 N–H and O–H groups in total. The number of nitrogens with zero attached hydrogens (tertiary/aromatic N) is 2. The summed E-state index contributed by atoms with van der Waals surface area (Å²) in [6.45, 7) is 0. The van der Waals surface area contributed by atoms with Crippen LogP contribution in [0.1, 0.15) is 11.6 Å². The summed E-state index contributed by atoms with van der Waals surface area (Å²) in [7, 11) is 0. The fourth-order valence-electron chi connectivity index (χ4n) is 4.13. The van der Waals surface area contributed by atoms with Gasteiger partial charge in [0.15, 0.2) is 6.10 Å². The van der Waals surface area contributed by atoms with Crippen LogP contribution in [-0.4, -0.2) is 17.9 Å². The Hall–Kier alpha value is -2.86.